The highest BCUT2D eigenvalue weighted by Gasteiger charge is 2.18. The molecule has 4 heteroatoms. The maximum atomic E-state index is 11.4. The van der Waals surface area contributed by atoms with Crippen LogP contribution in [0.2, 0.25) is 0 Å². The minimum absolute atomic E-state index is 0.432. The molecule has 1 aromatic rings. The standard InChI is InChI=1S/C14H13N3O/c15-14(18)13-11-7-4-8-12(11)17(16-13)9-10-5-2-1-3-6-10/h1-8,16H,9H2,(H2,15,18). The van der Waals surface area contributed by atoms with E-state index in [9.17, 15) is 4.79 Å². The van der Waals surface area contributed by atoms with E-state index in [1.54, 1.807) is 0 Å². The molecule has 0 atom stereocenters. The van der Waals surface area contributed by atoms with Crippen LogP contribution < -0.4 is 5.73 Å². The van der Waals surface area contributed by atoms with Gasteiger partial charge in [-0.2, -0.15) is 0 Å². The molecule has 2 aliphatic rings. The van der Waals surface area contributed by atoms with Crippen LogP contribution in [-0.2, 0) is 6.54 Å². The molecular formula is C14H13N3O. The molecular weight excluding hydrogens is 226 g/mol. The summed E-state index contributed by atoms with van der Waals surface area (Å²) in [6.45, 7) is 0.689. The lowest BCUT2D eigenvalue weighted by molar-refractivity contribution is 0.0995. The van der Waals surface area contributed by atoms with E-state index in [0.29, 0.717) is 12.2 Å². The number of nitrogens with two attached hydrogens (primary N) is 1. The van der Waals surface area contributed by atoms with Gasteiger partial charge in [-0.05, 0) is 11.6 Å². The topological polar surface area (TPSA) is 63.8 Å². The summed E-state index contributed by atoms with van der Waals surface area (Å²) in [5, 5.41) is 3.06. The number of H-pyrrole nitrogens is 1. The number of hydrogen-bond acceptors (Lipinski definition) is 1. The van der Waals surface area contributed by atoms with Crippen LogP contribution >= 0.6 is 0 Å². The Balaban J connectivity index is 2.02. The smallest absolute Gasteiger partial charge is 0.267 e. The minimum atomic E-state index is -0.432. The first kappa shape index (κ1) is 10.7. The number of hydrogen-bond donors (Lipinski definition) is 2. The SMILES string of the molecule is NC(=O)c1[nH]n(Cc2ccccc2)c2cccc1-2. The Kier molecular flexibility index (Phi) is 2.41. The second kappa shape index (κ2) is 4.07. The van der Waals surface area contributed by atoms with Crippen molar-refractivity contribution in [2.24, 2.45) is 5.73 Å². The van der Waals surface area contributed by atoms with E-state index in [-0.39, 0.29) is 0 Å². The van der Waals surface area contributed by atoms with Crippen molar-refractivity contribution in [3.63, 3.8) is 0 Å². The number of carbonyl (C=O) groups is 1. The lowest BCUT2D eigenvalue weighted by Crippen LogP contribution is -2.13. The highest BCUT2D eigenvalue weighted by Crippen LogP contribution is 2.27. The molecule has 0 unspecified atom stereocenters. The van der Waals surface area contributed by atoms with Gasteiger partial charge in [0.15, 0.2) is 0 Å². The van der Waals surface area contributed by atoms with Crippen LogP contribution in [0.15, 0.2) is 48.5 Å². The number of aromatic nitrogens is 2. The molecule has 0 fully saturated rings. The second-order valence-corrected chi connectivity index (χ2v) is 4.25. The molecule has 0 saturated heterocycles. The Hall–Kier alpha value is -2.49. The third kappa shape index (κ3) is 1.68. The fraction of sp³-hybridized carbons (Fsp3) is 0.0714. The molecule has 18 heavy (non-hydrogen) atoms. The highest BCUT2D eigenvalue weighted by molar-refractivity contribution is 5.98. The van der Waals surface area contributed by atoms with E-state index >= 15 is 0 Å². The number of nitrogens with zero attached hydrogens (tertiary/aromatic N) is 1. The van der Waals surface area contributed by atoms with Gasteiger partial charge in [-0.15, -0.1) is 0 Å². The summed E-state index contributed by atoms with van der Waals surface area (Å²) in [6.07, 6.45) is 0. The summed E-state index contributed by atoms with van der Waals surface area (Å²) in [6, 6.07) is 15.9. The molecule has 1 heterocycles. The molecule has 3 N–H and O–H groups in total. The Labute approximate surface area is 104 Å². The maximum absolute atomic E-state index is 11.4. The van der Waals surface area contributed by atoms with Crippen molar-refractivity contribution in [1.29, 1.82) is 0 Å². The van der Waals surface area contributed by atoms with Crippen molar-refractivity contribution < 1.29 is 4.79 Å². The predicted molar refractivity (Wildman–Crippen MR) is 69.5 cm³/mol. The van der Waals surface area contributed by atoms with Gasteiger partial charge in [-0.25, -0.2) is 0 Å². The molecule has 90 valence electrons. The van der Waals surface area contributed by atoms with Crippen molar-refractivity contribution in [3.8, 4) is 11.3 Å². The molecule has 0 radical (unpaired) electrons. The van der Waals surface area contributed by atoms with Gasteiger partial charge in [-0.1, -0.05) is 42.5 Å². The van der Waals surface area contributed by atoms with Gasteiger partial charge in [0.05, 0.1) is 12.2 Å². The van der Waals surface area contributed by atoms with Crippen molar-refractivity contribution in [3.05, 3.63) is 59.8 Å². The van der Waals surface area contributed by atoms with Crippen LogP contribution in [0.1, 0.15) is 16.1 Å². The summed E-state index contributed by atoms with van der Waals surface area (Å²) in [7, 11) is 0. The first-order valence-electron chi connectivity index (χ1n) is 5.76. The molecule has 0 bridgehead atoms. The Morgan fingerprint density at radius 2 is 1.89 bits per heavy atom. The third-order valence-corrected chi connectivity index (χ3v) is 3.03. The fourth-order valence-corrected chi connectivity index (χ4v) is 2.19. The summed E-state index contributed by atoms with van der Waals surface area (Å²) in [4.78, 5) is 11.4. The van der Waals surface area contributed by atoms with Crippen molar-refractivity contribution in [2.75, 3.05) is 0 Å². The average Bonchev–Trinajstić information content (AvgIpc) is 2.94. The number of fused-ring (bicyclic) bond motifs is 1. The lowest BCUT2D eigenvalue weighted by atomic mass is 10.2. The zero-order valence-electron chi connectivity index (χ0n) is 9.76. The Morgan fingerprint density at radius 3 is 2.61 bits per heavy atom. The van der Waals surface area contributed by atoms with E-state index < -0.39 is 5.91 Å². The number of carbonyl (C=O) groups excluding carboxylic acids is 1. The summed E-state index contributed by atoms with van der Waals surface area (Å²) >= 11 is 0. The molecule has 0 spiro atoms. The third-order valence-electron chi connectivity index (χ3n) is 3.03. The van der Waals surface area contributed by atoms with Crippen molar-refractivity contribution >= 4 is 5.91 Å². The number of aromatic amines is 1. The first-order chi connectivity index (χ1) is 8.75. The zero-order valence-corrected chi connectivity index (χ0v) is 9.76. The van der Waals surface area contributed by atoms with Gasteiger partial charge >= 0.3 is 0 Å². The van der Waals surface area contributed by atoms with Crippen molar-refractivity contribution in [2.45, 2.75) is 6.54 Å². The Morgan fingerprint density at radius 1 is 1.11 bits per heavy atom. The molecule has 3 rings (SSSR count). The Bertz CT molecular complexity index is 651. The summed E-state index contributed by atoms with van der Waals surface area (Å²) in [5.74, 6) is -0.432. The van der Waals surface area contributed by atoms with E-state index in [1.165, 1.54) is 5.56 Å². The predicted octanol–water partition coefficient (Wildman–Crippen LogP) is 2.07. The van der Waals surface area contributed by atoms with Gasteiger partial charge < -0.3 is 5.73 Å². The number of amides is 1. The van der Waals surface area contributed by atoms with Crippen LogP contribution in [0, 0.1) is 0 Å². The monoisotopic (exact) mass is 239 g/mol. The molecule has 4 nitrogen and oxygen atoms in total. The number of rotatable bonds is 3. The number of benzene rings is 1. The molecule has 1 amide bonds. The normalized spacial score (nSPS) is 10.9. The van der Waals surface area contributed by atoms with E-state index in [1.807, 2.05) is 53.2 Å². The molecule has 1 aliphatic carbocycles. The van der Waals surface area contributed by atoms with Gasteiger partial charge in [0, 0.05) is 5.56 Å². The first-order valence-corrected chi connectivity index (χ1v) is 5.76. The largest absolute Gasteiger partial charge is 0.364 e. The van der Waals surface area contributed by atoms with Crippen molar-refractivity contribution in [1.82, 2.24) is 9.78 Å². The summed E-state index contributed by atoms with van der Waals surface area (Å²) < 4.78 is 1.94. The molecule has 1 aliphatic heterocycles. The quantitative estimate of drug-likeness (QED) is 0.722. The molecule has 0 aromatic heterocycles. The van der Waals surface area contributed by atoms with Gasteiger partial charge in [-0.3, -0.25) is 14.6 Å². The molecule has 0 saturated carbocycles. The maximum Gasteiger partial charge on any atom is 0.267 e. The minimum Gasteiger partial charge on any atom is -0.364 e. The summed E-state index contributed by atoms with van der Waals surface area (Å²) in [5.41, 5.74) is 8.86. The van der Waals surface area contributed by atoms with Crippen LogP contribution in [0.5, 0.6) is 0 Å². The van der Waals surface area contributed by atoms with Crippen LogP contribution in [0.25, 0.3) is 11.3 Å². The lowest BCUT2D eigenvalue weighted by Gasteiger charge is -2.05. The van der Waals surface area contributed by atoms with E-state index in [2.05, 4.69) is 5.10 Å². The van der Waals surface area contributed by atoms with Crippen LogP contribution in [0.3, 0.4) is 0 Å². The zero-order chi connectivity index (χ0) is 12.5. The van der Waals surface area contributed by atoms with Gasteiger partial charge in [0.25, 0.3) is 5.91 Å². The second-order valence-electron chi connectivity index (χ2n) is 4.25. The van der Waals surface area contributed by atoms with Crippen LogP contribution in [-0.4, -0.2) is 15.7 Å². The van der Waals surface area contributed by atoms with E-state index in [4.69, 9.17) is 5.73 Å². The van der Waals surface area contributed by atoms with Crippen LogP contribution in [0.4, 0.5) is 0 Å². The van der Waals surface area contributed by atoms with E-state index in [0.717, 1.165) is 11.3 Å². The number of primary amides is 1. The fourth-order valence-electron chi connectivity index (χ4n) is 2.19. The average molecular weight is 239 g/mol. The van der Waals surface area contributed by atoms with Gasteiger partial charge in [0.1, 0.15) is 5.69 Å². The van der Waals surface area contributed by atoms with Gasteiger partial charge in [0.2, 0.25) is 0 Å². The highest BCUT2D eigenvalue weighted by atomic mass is 16.1. The number of nitrogens with one attached hydrogen (secondary N) is 1. The molecule has 1 aromatic carbocycles.